The first-order valence-electron chi connectivity index (χ1n) is 8.90. The van der Waals surface area contributed by atoms with E-state index in [2.05, 4.69) is 31.3 Å². The van der Waals surface area contributed by atoms with Crippen molar-refractivity contribution in [2.75, 3.05) is 5.32 Å². The van der Waals surface area contributed by atoms with E-state index >= 15 is 0 Å². The lowest BCUT2D eigenvalue weighted by Crippen LogP contribution is -2.29. The third kappa shape index (κ3) is 3.85. The number of carbonyl (C=O) groups is 1. The molecule has 4 heteroatoms. The van der Waals surface area contributed by atoms with Crippen LogP contribution < -0.4 is 11.1 Å². The van der Waals surface area contributed by atoms with Crippen molar-refractivity contribution in [2.24, 2.45) is 5.73 Å². The van der Waals surface area contributed by atoms with Gasteiger partial charge in [-0.3, -0.25) is 4.79 Å². The summed E-state index contributed by atoms with van der Waals surface area (Å²) in [6.45, 7) is 4.15. The Morgan fingerprint density at radius 2 is 1.72 bits per heavy atom. The minimum absolute atomic E-state index is 0.194. The molecule has 132 valence electrons. The van der Waals surface area contributed by atoms with E-state index in [4.69, 9.17) is 5.73 Å². The number of amides is 1. The summed E-state index contributed by atoms with van der Waals surface area (Å²) in [6, 6.07) is 12.3. The van der Waals surface area contributed by atoms with Crippen LogP contribution >= 0.6 is 0 Å². The molecule has 25 heavy (non-hydrogen) atoms. The van der Waals surface area contributed by atoms with E-state index in [1.54, 1.807) is 0 Å². The number of carbonyl (C=O) groups excluding carboxylic acids is 1. The summed E-state index contributed by atoms with van der Waals surface area (Å²) in [6.07, 6.45) is 3.20. The number of hydrogen-bond acceptors (Lipinski definition) is 3. The van der Waals surface area contributed by atoms with Gasteiger partial charge in [0, 0.05) is 11.7 Å². The Kier molecular flexibility index (Phi) is 5.09. The summed E-state index contributed by atoms with van der Waals surface area (Å²) in [5.74, 6) is -0.425. The number of benzene rings is 2. The summed E-state index contributed by atoms with van der Waals surface area (Å²) in [4.78, 5) is 12.0. The number of nitrogens with two attached hydrogens (primary N) is 1. The van der Waals surface area contributed by atoms with Crippen molar-refractivity contribution in [2.45, 2.75) is 51.7 Å². The van der Waals surface area contributed by atoms with Crippen molar-refractivity contribution in [1.29, 1.82) is 0 Å². The van der Waals surface area contributed by atoms with Gasteiger partial charge in [0.2, 0.25) is 0 Å². The smallest absolute Gasteiger partial charge is 0.250 e. The Morgan fingerprint density at radius 3 is 2.32 bits per heavy atom. The number of anilines is 1. The van der Waals surface area contributed by atoms with E-state index in [0.29, 0.717) is 5.56 Å². The summed E-state index contributed by atoms with van der Waals surface area (Å²) in [7, 11) is 0. The molecule has 0 aromatic heterocycles. The second kappa shape index (κ2) is 7.28. The van der Waals surface area contributed by atoms with E-state index < -0.39 is 5.91 Å². The maximum Gasteiger partial charge on any atom is 0.250 e. The molecule has 0 saturated heterocycles. The zero-order valence-corrected chi connectivity index (χ0v) is 14.9. The molecule has 1 fully saturated rings. The van der Waals surface area contributed by atoms with Gasteiger partial charge >= 0.3 is 0 Å². The standard InChI is InChI=1S/C21H26N2O2/c1-13-4-3-5-14(2)20(13)15-6-11-19(18(12-15)21(22)25)23-16-7-9-17(24)10-8-16/h3-6,11-12,16-17,23-24H,7-10H2,1-2H3,(H2,22,25). The summed E-state index contributed by atoms with van der Waals surface area (Å²) < 4.78 is 0. The topological polar surface area (TPSA) is 75.3 Å². The highest BCUT2D eigenvalue weighted by Gasteiger charge is 2.21. The highest BCUT2D eigenvalue weighted by atomic mass is 16.3. The van der Waals surface area contributed by atoms with Crippen molar-refractivity contribution < 1.29 is 9.90 Å². The van der Waals surface area contributed by atoms with Crippen molar-refractivity contribution >= 4 is 11.6 Å². The van der Waals surface area contributed by atoms with Crippen LogP contribution in [0.1, 0.15) is 47.2 Å². The van der Waals surface area contributed by atoms with Crippen LogP contribution in [0.5, 0.6) is 0 Å². The second-order valence-electron chi connectivity index (χ2n) is 7.04. The van der Waals surface area contributed by atoms with Gasteiger partial charge in [-0.2, -0.15) is 0 Å². The van der Waals surface area contributed by atoms with Crippen molar-refractivity contribution in [1.82, 2.24) is 0 Å². The van der Waals surface area contributed by atoms with Crippen molar-refractivity contribution in [3.05, 3.63) is 53.1 Å². The van der Waals surface area contributed by atoms with Gasteiger partial charge in [-0.25, -0.2) is 0 Å². The van der Waals surface area contributed by atoms with Crippen LogP contribution in [0.3, 0.4) is 0 Å². The molecule has 0 atom stereocenters. The maximum atomic E-state index is 12.0. The average molecular weight is 338 g/mol. The van der Waals surface area contributed by atoms with Gasteiger partial charge in [-0.05, 0) is 73.9 Å². The van der Waals surface area contributed by atoms with Crippen LogP contribution in [0, 0.1) is 13.8 Å². The lowest BCUT2D eigenvalue weighted by molar-refractivity contribution is 0.100. The van der Waals surface area contributed by atoms with Crippen molar-refractivity contribution in [3.8, 4) is 11.1 Å². The third-order valence-electron chi connectivity index (χ3n) is 5.11. The molecular weight excluding hydrogens is 312 g/mol. The van der Waals surface area contributed by atoms with E-state index in [9.17, 15) is 9.90 Å². The normalized spacial score (nSPS) is 20.3. The summed E-state index contributed by atoms with van der Waals surface area (Å²) in [5.41, 5.74) is 11.5. The third-order valence-corrected chi connectivity index (χ3v) is 5.11. The predicted molar refractivity (Wildman–Crippen MR) is 102 cm³/mol. The molecule has 1 amide bonds. The lowest BCUT2D eigenvalue weighted by Gasteiger charge is -2.27. The second-order valence-corrected chi connectivity index (χ2v) is 7.04. The molecule has 0 aliphatic heterocycles. The maximum absolute atomic E-state index is 12.0. The first-order chi connectivity index (χ1) is 12.0. The first kappa shape index (κ1) is 17.5. The van der Waals surface area contributed by atoms with Gasteiger partial charge in [0.1, 0.15) is 0 Å². The number of rotatable bonds is 4. The SMILES string of the molecule is Cc1cccc(C)c1-c1ccc(NC2CCC(O)CC2)c(C(N)=O)c1. The molecule has 0 unspecified atom stereocenters. The number of aliphatic hydroxyl groups is 1. The Bertz CT molecular complexity index is 757. The zero-order chi connectivity index (χ0) is 18.0. The molecule has 0 spiro atoms. The van der Waals surface area contributed by atoms with Gasteiger partial charge in [-0.15, -0.1) is 0 Å². The fraction of sp³-hybridized carbons (Fsp3) is 0.381. The van der Waals surface area contributed by atoms with Gasteiger partial charge in [-0.1, -0.05) is 24.3 Å². The van der Waals surface area contributed by atoms with Gasteiger partial charge in [0.15, 0.2) is 0 Å². The number of aryl methyl sites for hydroxylation is 2. The van der Waals surface area contributed by atoms with Crippen LogP contribution in [0.4, 0.5) is 5.69 Å². The number of primary amides is 1. The first-order valence-corrected chi connectivity index (χ1v) is 8.90. The zero-order valence-electron chi connectivity index (χ0n) is 14.9. The molecule has 0 bridgehead atoms. The van der Waals surface area contributed by atoms with Crippen LogP contribution in [-0.2, 0) is 0 Å². The molecule has 4 N–H and O–H groups in total. The Morgan fingerprint density at radius 1 is 1.08 bits per heavy atom. The fourth-order valence-electron chi connectivity index (χ4n) is 3.74. The van der Waals surface area contributed by atoms with Crippen LogP contribution in [0.15, 0.2) is 36.4 Å². The van der Waals surface area contributed by atoms with Gasteiger partial charge < -0.3 is 16.2 Å². The Balaban J connectivity index is 1.92. The monoisotopic (exact) mass is 338 g/mol. The lowest BCUT2D eigenvalue weighted by atomic mass is 9.91. The van der Waals surface area contributed by atoms with E-state index in [1.165, 1.54) is 11.1 Å². The molecule has 2 aromatic rings. The Hall–Kier alpha value is -2.33. The van der Waals surface area contributed by atoms with Gasteiger partial charge in [0.25, 0.3) is 5.91 Å². The quantitative estimate of drug-likeness (QED) is 0.794. The number of nitrogens with one attached hydrogen (secondary N) is 1. The van der Waals surface area contributed by atoms with Crippen molar-refractivity contribution in [3.63, 3.8) is 0 Å². The van der Waals surface area contributed by atoms with Gasteiger partial charge in [0.05, 0.1) is 11.7 Å². The fourth-order valence-corrected chi connectivity index (χ4v) is 3.74. The van der Waals surface area contributed by atoms with Crippen LogP contribution in [0.25, 0.3) is 11.1 Å². The molecule has 0 radical (unpaired) electrons. The van der Waals surface area contributed by atoms with E-state index in [-0.39, 0.29) is 12.1 Å². The van der Waals surface area contributed by atoms with Crippen LogP contribution in [0.2, 0.25) is 0 Å². The molecule has 1 aliphatic rings. The molecule has 4 nitrogen and oxygen atoms in total. The minimum Gasteiger partial charge on any atom is -0.393 e. The van der Waals surface area contributed by atoms with E-state index in [0.717, 1.165) is 42.5 Å². The van der Waals surface area contributed by atoms with Crippen LogP contribution in [-0.4, -0.2) is 23.2 Å². The number of aliphatic hydroxyl groups excluding tert-OH is 1. The molecule has 1 saturated carbocycles. The molecular formula is C21H26N2O2. The predicted octanol–water partition coefficient (Wildman–Crippen LogP) is 3.78. The largest absolute Gasteiger partial charge is 0.393 e. The summed E-state index contributed by atoms with van der Waals surface area (Å²) in [5, 5.41) is 13.1. The Labute approximate surface area is 149 Å². The molecule has 3 rings (SSSR count). The highest BCUT2D eigenvalue weighted by molar-refractivity contribution is 6.00. The summed E-state index contributed by atoms with van der Waals surface area (Å²) >= 11 is 0. The highest BCUT2D eigenvalue weighted by Crippen LogP contribution is 2.31. The minimum atomic E-state index is -0.425. The molecule has 2 aromatic carbocycles. The molecule has 1 aliphatic carbocycles. The molecule has 0 heterocycles. The number of hydrogen-bond donors (Lipinski definition) is 3. The average Bonchev–Trinajstić information content (AvgIpc) is 2.57. The van der Waals surface area contributed by atoms with E-state index in [1.807, 2.05) is 24.3 Å².